The van der Waals surface area contributed by atoms with Crippen molar-refractivity contribution in [2.24, 2.45) is 18.4 Å². The zero-order valence-electron chi connectivity index (χ0n) is 42.6. The molecule has 0 N–H and O–H groups in total. The van der Waals surface area contributed by atoms with Crippen LogP contribution in [-0.4, -0.2) is 115 Å². The molecule has 5 aliphatic heterocycles. The van der Waals surface area contributed by atoms with Crippen molar-refractivity contribution in [3.8, 4) is 23.1 Å². The van der Waals surface area contributed by atoms with Crippen LogP contribution in [0.5, 0.6) is 5.88 Å². The van der Waals surface area contributed by atoms with Crippen LogP contribution in [0.4, 0.5) is 23.0 Å². The Kier molecular flexibility index (Phi) is 12.4. The van der Waals surface area contributed by atoms with Gasteiger partial charge in [-0.25, -0.2) is 0 Å². The normalized spacial score (nSPS) is 22.6. The van der Waals surface area contributed by atoms with Gasteiger partial charge in [0.15, 0.2) is 11.6 Å². The number of aryl methyl sites for hydroxylation is 3. The summed E-state index contributed by atoms with van der Waals surface area (Å²) in [5.41, 5.74) is 11.7. The summed E-state index contributed by atoms with van der Waals surface area (Å²) in [7, 11) is 1.97. The standard InChI is InChI=1S/C57H69N13O2/c1-38-29-52-42(30-48(38)44-33-60-64(4)35-44)7-6-23-68(52)56-49-36-67(40(3)71)26-19-51(49)70(63-56)45-17-24-65(25-18-45)34-41-9-12-46(13-10-41)72-54-16-15-53(61-62-54)66-27-20-57(21-28-66)31-39(2)69(37-57)50-14-11-43(32-58)55-47(50)8-5-22-59-55/h5,8,11,14-16,22,29-30,33,35,39,41,45-46H,6-7,9-10,12-13,17-21,23-28,31,34,36-37H2,1-4H3/t39-,41?,46?/m0/s1. The van der Waals surface area contributed by atoms with E-state index in [-0.39, 0.29) is 17.4 Å². The number of aromatic nitrogens is 7. The molecule has 2 aromatic carbocycles. The minimum atomic E-state index is 0.135. The zero-order chi connectivity index (χ0) is 49.1. The van der Waals surface area contributed by atoms with Gasteiger partial charge in [0.05, 0.1) is 29.9 Å². The monoisotopic (exact) mass is 968 g/mol. The molecule has 4 aromatic heterocycles. The van der Waals surface area contributed by atoms with Gasteiger partial charge in [0.2, 0.25) is 11.8 Å². The van der Waals surface area contributed by atoms with Gasteiger partial charge in [-0.2, -0.15) is 15.5 Å². The highest BCUT2D eigenvalue weighted by Gasteiger charge is 2.45. The Balaban J connectivity index is 0.628. The lowest BCUT2D eigenvalue weighted by molar-refractivity contribution is -0.129. The van der Waals surface area contributed by atoms with E-state index in [1.807, 2.05) is 41.0 Å². The van der Waals surface area contributed by atoms with Gasteiger partial charge in [-0.3, -0.25) is 19.1 Å². The summed E-state index contributed by atoms with van der Waals surface area (Å²) in [5, 5.41) is 30.0. The molecule has 15 heteroatoms. The van der Waals surface area contributed by atoms with Gasteiger partial charge in [-0.15, -0.1) is 10.2 Å². The van der Waals surface area contributed by atoms with Crippen molar-refractivity contribution in [3.05, 3.63) is 95.1 Å². The maximum absolute atomic E-state index is 12.7. The average molecular weight is 968 g/mol. The first-order chi connectivity index (χ1) is 35.1. The molecule has 1 aliphatic carbocycles. The number of hydrogen-bond acceptors (Lipinski definition) is 12. The van der Waals surface area contributed by atoms with E-state index in [9.17, 15) is 10.1 Å². The molecule has 1 atom stereocenters. The number of pyridine rings is 1. The molecule has 1 spiro atoms. The van der Waals surface area contributed by atoms with Crippen LogP contribution in [0.3, 0.4) is 0 Å². The lowest BCUT2D eigenvalue weighted by Gasteiger charge is -2.39. The molecule has 12 rings (SSSR count). The van der Waals surface area contributed by atoms with Crippen LogP contribution >= 0.6 is 0 Å². The van der Waals surface area contributed by atoms with Crippen LogP contribution in [0.1, 0.15) is 112 Å². The minimum absolute atomic E-state index is 0.135. The van der Waals surface area contributed by atoms with E-state index in [1.54, 1.807) is 13.1 Å². The summed E-state index contributed by atoms with van der Waals surface area (Å²) < 4.78 is 10.7. The number of anilines is 4. The number of carbonyl (C=O) groups is 1. The number of ether oxygens (including phenoxy) is 1. The fourth-order valence-corrected chi connectivity index (χ4v) is 13.6. The van der Waals surface area contributed by atoms with Crippen LogP contribution in [0.2, 0.25) is 0 Å². The second kappa shape index (κ2) is 19.1. The van der Waals surface area contributed by atoms with Crippen LogP contribution in [0, 0.1) is 29.6 Å². The second-order valence-corrected chi connectivity index (χ2v) is 22.2. The van der Waals surface area contributed by atoms with Gasteiger partial charge >= 0.3 is 0 Å². The molecule has 1 saturated carbocycles. The zero-order valence-corrected chi connectivity index (χ0v) is 42.6. The van der Waals surface area contributed by atoms with Crippen molar-refractivity contribution in [3.63, 3.8) is 0 Å². The quantitative estimate of drug-likeness (QED) is 0.137. The number of hydrogen-bond donors (Lipinski definition) is 0. The van der Waals surface area contributed by atoms with E-state index in [1.165, 1.54) is 52.2 Å². The fourth-order valence-electron chi connectivity index (χ4n) is 13.6. The Hall–Kier alpha value is -6.53. The molecule has 374 valence electrons. The number of rotatable bonds is 9. The first kappa shape index (κ1) is 46.5. The molecule has 1 amide bonds. The molecule has 72 heavy (non-hydrogen) atoms. The van der Waals surface area contributed by atoms with Gasteiger partial charge in [-0.05, 0) is 155 Å². The van der Waals surface area contributed by atoms with Crippen LogP contribution in [0.15, 0.2) is 67.1 Å². The highest BCUT2D eigenvalue weighted by molar-refractivity contribution is 5.95. The first-order valence-corrected chi connectivity index (χ1v) is 26.9. The third kappa shape index (κ3) is 8.83. The summed E-state index contributed by atoms with van der Waals surface area (Å²) in [6.45, 7) is 14.8. The SMILES string of the molecule is CC(=O)N1CCc2c(c(N3CCCc4cc(-c5cnn(C)c5)c(C)cc43)nn2C2CCN(CC3CCC(Oc4ccc(N5CCC6(CC5)C[C@H](C)N(c5ccc(C#N)c7ncccc57)C6)nn4)CC3)CC2)C1. The minimum Gasteiger partial charge on any atom is -0.473 e. The number of likely N-dealkylation sites (tertiary alicyclic amines) is 1. The van der Waals surface area contributed by atoms with Gasteiger partial charge < -0.3 is 29.2 Å². The van der Waals surface area contributed by atoms with E-state index in [2.05, 4.69) is 101 Å². The molecule has 0 radical (unpaired) electrons. The van der Waals surface area contributed by atoms with Crippen molar-refractivity contribution in [2.75, 3.05) is 67.1 Å². The Morgan fingerprint density at radius 3 is 2.51 bits per heavy atom. The topological polar surface area (TPSA) is 141 Å². The van der Waals surface area contributed by atoms with Crippen molar-refractivity contribution in [2.45, 2.75) is 123 Å². The first-order valence-electron chi connectivity index (χ1n) is 26.9. The summed E-state index contributed by atoms with van der Waals surface area (Å²) >= 11 is 0. The Morgan fingerprint density at radius 2 is 1.76 bits per heavy atom. The highest BCUT2D eigenvalue weighted by atomic mass is 16.5. The third-order valence-corrected chi connectivity index (χ3v) is 17.5. The second-order valence-electron chi connectivity index (χ2n) is 22.2. The van der Waals surface area contributed by atoms with E-state index in [0.717, 1.165) is 145 Å². The lowest BCUT2D eigenvalue weighted by Crippen LogP contribution is -2.42. The van der Waals surface area contributed by atoms with Gasteiger partial charge in [0, 0.05) is 131 Å². The van der Waals surface area contributed by atoms with Gasteiger partial charge in [0.1, 0.15) is 12.2 Å². The Labute approximate surface area is 423 Å². The maximum atomic E-state index is 12.7. The molecule has 3 saturated heterocycles. The number of fused-ring (bicyclic) bond motifs is 3. The predicted molar refractivity (Wildman–Crippen MR) is 281 cm³/mol. The maximum Gasteiger partial charge on any atom is 0.233 e. The Bertz CT molecular complexity index is 3000. The number of piperidine rings is 2. The third-order valence-electron chi connectivity index (χ3n) is 17.5. The highest BCUT2D eigenvalue weighted by Crippen LogP contribution is 2.47. The smallest absolute Gasteiger partial charge is 0.233 e. The predicted octanol–water partition coefficient (Wildman–Crippen LogP) is 8.95. The van der Waals surface area contributed by atoms with Gasteiger partial charge in [0.25, 0.3) is 0 Å². The molecule has 6 aromatic rings. The summed E-state index contributed by atoms with van der Waals surface area (Å²) in [4.78, 5) is 29.4. The van der Waals surface area contributed by atoms with Crippen LogP contribution in [-0.2, 0) is 31.2 Å². The molecule has 6 aliphatic rings. The van der Waals surface area contributed by atoms with Crippen molar-refractivity contribution in [1.29, 1.82) is 5.26 Å². The van der Waals surface area contributed by atoms with Crippen molar-refractivity contribution < 1.29 is 9.53 Å². The largest absolute Gasteiger partial charge is 0.473 e. The molecule has 0 unspecified atom stereocenters. The molecule has 9 heterocycles. The van der Waals surface area contributed by atoms with E-state index in [4.69, 9.17) is 9.84 Å². The van der Waals surface area contributed by atoms with E-state index >= 15 is 0 Å². The number of benzene rings is 2. The van der Waals surface area contributed by atoms with Crippen LogP contribution in [0.25, 0.3) is 22.0 Å². The average Bonchev–Trinajstić information content (AvgIpc) is 4.11. The Morgan fingerprint density at radius 1 is 0.931 bits per heavy atom. The van der Waals surface area contributed by atoms with E-state index in [0.29, 0.717) is 36.0 Å². The fraction of sp³-hybridized carbons (Fsp3) is 0.526. The van der Waals surface area contributed by atoms with Crippen LogP contribution < -0.4 is 19.4 Å². The molecule has 0 bridgehead atoms. The van der Waals surface area contributed by atoms with Gasteiger partial charge in [-0.1, -0.05) is 0 Å². The molecule has 4 fully saturated rings. The lowest BCUT2D eigenvalue weighted by atomic mass is 9.77. The summed E-state index contributed by atoms with van der Waals surface area (Å²) in [6.07, 6.45) is 19.0. The molecular weight excluding hydrogens is 899 g/mol. The molecule has 15 nitrogen and oxygen atoms in total. The summed E-state index contributed by atoms with van der Waals surface area (Å²) in [5.74, 6) is 3.43. The van der Waals surface area contributed by atoms with Crippen molar-refractivity contribution >= 4 is 39.8 Å². The van der Waals surface area contributed by atoms with E-state index < -0.39 is 0 Å². The molecular formula is C57H69N13O2. The number of amides is 1. The number of nitriles is 1. The number of carbonyl (C=O) groups excluding carboxylic acids is 1. The number of nitrogens with zero attached hydrogens (tertiary/aromatic N) is 13. The van der Waals surface area contributed by atoms with Crippen molar-refractivity contribution in [1.82, 2.24) is 44.5 Å². The summed E-state index contributed by atoms with van der Waals surface area (Å²) in [6, 6.07) is 20.1.